The van der Waals surface area contributed by atoms with Crippen molar-refractivity contribution in [2.45, 2.75) is 12.5 Å². The van der Waals surface area contributed by atoms with Crippen molar-refractivity contribution in [1.82, 2.24) is 0 Å². The Morgan fingerprint density at radius 2 is 2.21 bits per heavy atom. The van der Waals surface area contributed by atoms with Gasteiger partial charge in [0.05, 0.1) is 0 Å². The van der Waals surface area contributed by atoms with E-state index in [0.29, 0.717) is 5.02 Å². The average molecular weight is 297 g/mol. The van der Waals surface area contributed by atoms with Crippen LogP contribution in [0.25, 0.3) is 0 Å². The number of halogens is 3. The highest BCUT2D eigenvalue weighted by Crippen LogP contribution is 2.26. The van der Waals surface area contributed by atoms with E-state index in [4.69, 9.17) is 17.3 Å². The summed E-state index contributed by atoms with van der Waals surface area (Å²) < 4.78 is 0.965. The van der Waals surface area contributed by atoms with Gasteiger partial charge >= 0.3 is 0 Å². The molecule has 1 aromatic carbocycles. The SMILES string of the molecule is C=CC[C@H](N)c1ccc(Br)cc1Cl.Cl. The van der Waals surface area contributed by atoms with Crippen LogP contribution in [0.3, 0.4) is 0 Å². The molecule has 0 aromatic heterocycles. The fourth-order valence-electron chi connectivity index (χ4n) is 1.11. The normalized spacial score (nSPS) is 11.6. The summed E-state index contributed by atoms with van der Waals surface area (Å²) in [6, 6.07) is 5.66. The smallest absolute Gasteiger partial charge is 0.0465 e. The molecule has 0 saturated carbocycles. The maximum absolute atomic E-state index is 6.02. The van der Waals surface area contributed by atoms with E-state index in [1.807, 2.05) is 18.2 Å². The van der Waals surface area contributed by atoms with Gasteiger partial charge in [-0.25, -0.2) is 0 Å². The molecule has 0 fully saturated rings. The van der Waals surface area contributed by atoms with Crippen LogP contribution in [0.4, 0.5) is 0 Å². The van der Waals surface area contributed by atoms with Gasteiger partial charge in [-0.05, 0) is 24.1 Å². The molecule has 0 aliphatic rings. The maximum atomic E-state index is 6.02. The van der Waals surface area contributed by atoms with Gasteiger partial charge in [0.15, 0.2) is 0 Å². The van der Waals surface area contributed by atoms with Gasteiger partial charge < -0.3 is 5.73 Å². The monoisotopic (exact) mass is 295 g/mol. The lowest BCUT2D eigenvalue weighted by Gasteiger charge is -2.11. The van der Waals surface area contributed by atoms with Gasteiger partial charge in [-0.3, -0.25) is 0 Å². The molecule has 0 heterocycles. The minimum atomic E-state index is -0.0573. The highest BCUT2D eigenvalue weighted by Gasteiger charge is 2.08. The molecule has 1 aromatic rings. The van der Waals surface area contributed by atoms with Crippen molar-refractivity contribution in [2.24, 2.45) is 5.73 Å². The van der Waals surface area contributed by atoms with Gasteiger partial charge in [0, 0.05) is 15.5 Å². The van der Waals surface area contributed by atoms with E-state index < -0.39 is 0 Å². The Labute approximate surface area is 104 Å². The van der Waals surface area contributed by atoms with Gasteiger partial charge in [-0.2, -0.15) is 0 Å². The highest BCUT2D eigenvalue weighted by molar-refractivity contribution is 9.10. The summed E-state index contributed by atoms with van der Waals surface area (Å²) in [7, 11) is 0. The third-order valence-corrected chi connectivity index (χ3v) is 2.60. The quantitative estimate of drug-likeness (QED) is 0.835. The molecule has 1 rings (SSSR count). The van der Waals surface area contributed by atoms with E-state index in [9.17, 15) is 0 Å². The second-order valence-corrected chi connectivity index (χ2v) is 4.12. The minimum Gasteiger partial charge on any atom is -0.324 e. The van der Waals surface area contributed by atoms with Crippen molar-refractivity contribution in [1.29, 1.82) is 0 Å². The fourth-order valence-corrected chi connectivity index (χ4v) is 1.92. The van der Waals surface area contributed by atoms with E-state index >= 15 is 0 Å². The zero-order chi connectivity index (χ0) is 9.84. The third-order valence-electron chi connectivity index (χ3n) is 1.78. The molecule has 0 aliphatic carbocycles. The van der Waals surface area contributed by atoms with E-state index in [0.717, 1.165) is 16.5 Å². The van der Waals surface area contributed by atoms with Gasteiger partial charge in [0.1, 0.15) is 0 Å². The number of benzene rings is 1. The lowest BCUT2D eigenvalue weighted by Crippen LogP contribution is -2.09. The number of hydrogen-bond acceptors (Lipinski definition) is 1. The minimum absolute atomic E-state index is 0. The van der Waals surface area contributed by atoms with Crippen LogP contribution in [-0.2, 0) is 0 Å². The zero-order valence-electron chi connectivity index (χ0n) is 7.54. The first-order valence-electron chi connectivity index (χ1n) is 3.96. The molecule has 0 aliphatic heterocycles. The van der Waals surface area contributed by atoms with Gasteiger partial charge in [-0.15, -0.1) is 19.0 Å². The summed E-state index contributed by atoms with van der Waals surface area (Å²) in [5.41, 5.74) is 6.85. The van der Waals surface area contributed by atoms with Crippen molar-refractivity contribution in [3.8, 4) is 0 Å². The van der Waals surface area contributed by atoms with Gasteiger partial charge in [0.2, 0.25) is 0 Å². The van der Waals surface area contributed by atoms with Crippen molar-refractivity contribution < 1.29 is 0 Å². The summed E-state index contributed by atoms with van der Waals surface area (Å²) in [5.74, 6) is 0. The van der Waals surface area contributed by atoms with Crippen molar-refractivity contribution in [3.05, 3.63) is 45.9 Å². The molecule has 1 nitrogen and oxygen atoms in total. The Morgan fingerprint density at radius 1 is 1.57 bits per heavy atom. The zero-order valence-corrected chi connectivity index (χ0v) is 10.7. The second-order valence-electron chi connectivity index (χ2n) is 2.80. The third kappa shape index (κ3) is 3.62. The molecule has 14 heavy (non-hydrogen) atoms. The van der Waals surface area contributed by atoms with Crippen molar-refractivity contribution >= 4 is 39.9 Å². The van der Waals surface area contributed by atoms with Crippen LogP contribution in [0.1, 0.15) is 18.0 Å². The first-order chi connectivity index (χ1) is 6.15. The van der Waals surface area contributed by atoms with E-state index in [2.05, 4.69) is 22.5 Å². The molecule has 1 atom stereocenters. The Morgan fingerprint density at radius 3 is 2.71 bits per heavy atom. The fraction of sp³-hybridized carbons (Fsp3) is 0.200. The number of rotatable bonds is 3. The highest BCUT2D eigenvalue weighted by atomic mass is 79.9. The summed E-state index contributed by atoms with van der Waals surface area (Å²) in [5, 5.41) is 0.698. The first kappa shape index (κ1) is 14.0. The van der Waals surface area contributed by atoms with Crippen LogP contribution < -0.4 is 5.73 Å². The lowest BCUT2D eigenvalue weighted by molar-refractivity contribution is 0.742. The van der Waals surface area contributed by atoms with Gasteiger partial charge in [-0.1, -0.05) is 39.7 Å². The largest absolute Gasteiger partial charge is 0.324 e. The van der Waals surface area contributed by atoms with Gasteiger partial charge in [0.25, 0.3) is 0 Å². The molecule has 0 spiro atoms. The first-order valence-corrected chi connectivity index (χ1v) is 5.13. The second kappa shape index (κ2) is 6.46. The molecule has 4 heteroatoms. The van der Waals surface area contributed by atoms with E-state index in [1.54, 1.807) is 6.08 Å². The lowest BCUT2D eigenvalue weighted by atomic mass is 10.1. The summed E-state index contributed by atoms with van der Waals surface area (Å²) in [6.45, 7) is 3.64. The van der Waals surface area contributed by atoms with Crippen molar-refractivity contribution in [2.75, 3.05) is 0 Å². The molecular weight excluding hydrogens is 285 g/mol. The summed E-state index contributed by atoms with van der Waals surface area (Å²) >= 11 is 9.35. The molecule has 0 radical (unpaired) electrons. The van der Waals surface area contributed by atoms with Crippen LogP contribution >= 0.6 is 39.9 Å². The Hall–Kier alpha value is -0.0200. The molecule has 2 N–H and O–H groups in total. The molecule has 0 saturated heterocycles. The van der Waals surface area contributed by atoms with Crippen LogP contribution in [0, 0.1) is 0 Å². The maximum Gasteiger partial charge on any atom is 0.0465 e. The predicted octanol–water partition coefficient (Wildman–Crippen LogP) is 4.10. The predicted molar refractivity (Wildman–Crippen MR) is 68.1 cm³/mol. The molecule has 0 unspecified atom stereocenters. The van der Waals surface area contributed by atoms with Crippen molar-refractivity contribution in [3.63, 3.8) is 0 Å². The molecular formula is C10H12BrCl2N. The van der Waals surface area contributed by atoms with Crippen LogP contribution in [0.2, 0.25) is 5.02 Å². The summed E-state index contributed by atoms with van der Waals surface area (Å²) in [4.78, 5) is 0. The molecule has 0 bridgehead atoms. The number of hydrogen-bond donors (Lipinski definition) is 1. The topological polar surface area (TPSA) is 26.0 Å². The van der Waals surface area contributed by atoms with E-state index in [-0.39, 0.29) is 18.4 Å². The van der Waals surface area contributed by atoms with Crippen LogP contribution in [0.5, 0.6) is 0 Å². The molecule has 78 valence electrons. The van der Waals surface area contributed by atoms with E-state index in [1.165, 1.54) is 0 Å². The Kier molecular flexibility index (Phi) is 6.45. The Bertz CT molecular complexity index is 315. The standard InChI is InChI=1S/C10H11BrClN.ClH/c1-2-3-10(13)8-5-4-7(11)6-9(8)12;/h2,4-6,10H,1,3,13H2;1H/t10-;/m0./s1. The molecule has 0 amide bonds. The van der Waals surface area contributed by atoms with Crippen LogP contribution in [-0.4, -0.2) is 0 Å². The number of nitrogens with two attached hydrogens (primary N) is 1. The Balaban J connectivity index is 0.00000169. The average Bonchev–Trinajstić information content (AvgIpc) is 2.04. The summed E-state index contributed by atoms with van der Waals surface area (Å²) in [6.07, 6.45) is 2.53. The van der Waals surface area contributed by atoms with Crippen LogP contribution in [0.15, 0.2) is 35.3 Å².